The quantitative estimate of drug-likeness (QED) is 0.664. The third kappa shape index (κ3) is 3.36. The first-order valence-corrected chi connectivity index (χ1v) is 7.44. The summed E-state index contributed by atoms with van der Waals surface area (Å²) >= 11 is 3.73. The van der Waals surface area contributed by atoms with Gasteiger partial charge in [-0.3, -0.25) is 0 Å². The van der Waals surface area contributed by atoms with Crippen molar-refractivity contribution in [1.82, 2.24) is 0 Å². The lowest BCUT2D eigenvalue weighted by molar-refractivity contribution is 1.21. The largest absolute Gasteiger partial charge is 0.0608 e. The van der Waals surface area contributed by atoms with E-state index in [1.165, 1.54) is 32.3 Å². The summed E-state index contributed by atoms with van der Waals surface area (Å²) in [5.41, 5.74) is 6.41. The molecule has 0 nitrogen and oxygen atoms in total. The minimum Gasteiger partial charge on any atom is -0.0608 e. The molecule has 0 aliphatic carbocycles. The van der Waals surface area contributed by atoms with Gasteiger partial charge < -0.3 is 0 Å². The van der Waals surface area contributed by atoms with Crippen LogP contribution >= 0.6 is 15.9 Å². The highest BCUT2D eigenvalue weighted by Crippen LogP contribution is 2.31. The first kappa shape index (κ1) is 14.1. The van der Waals surface area contributed by atoms with Gasteiger partial charge in [0.25, 0.3) is 0 Å². The number of rotatable bonds is 3. The molecule has 0 atom stereocenters. The summed E-state index contributed by atoms with van der Waals surface area (Å²) in [5, 5.41) is 0. The second kappa shape index (κ2) is 6.21. The van der Waals surface area contributed by atoms with Crippen LogP contribution in [0.4, 0.5) is 0 Å². The number of halogens is 1. The standard InChI is InChI=1S/C18H19Br/c1-4-17(19)18(15-9-5-13(2)6-10-15)16-11-7-14(3)8-12-16/h5-12H,4H2,1-3H3. The highest BCUT2D eigenvalue weighted by molar-refractivity contribution is 9.11. The van der Waals surface area contributed by atoms with Gasteiger partial charge in [-0.1, -0.05) is 82.5 Å². The maximum atomic E-state index is 3.73. The summed E-state index contributed by atoms with van der Waals surface area (Å²) in [6, 6.07) is 17.4. The van der Waals surface area contributed by atoms with Gasteiger partial charge in [0.1, 0.15) is 0 Å². The monoisotopic (exact) mass is 314 g/mol. The van der Waals surface area contributed by atoms with Crippen LogP contribution in [-0.4, -0.2) is 0 Å². The molecule has 0 aliphatic rings. The maximum Gasteiger partial charge on any atom is 0.00323 e. The molecular weight excluding hydrogens is 296 g/mol. The van der Waals surface area contributed by atoms with Gasteiger partial charge in [0.2, 0.25) is 0 Å². The molecule has 2 rings (SSSR count). The molecule has 0 amide bonds. The summed E-state index contributed by atoms with van der Waals surface area (Å²) in [6.07, 6.45) is 0.997. The Labute approximate surface area is 124 Å². The van der Waals surface area contributed by atoms with E-state index in [-0.39, 0.29) is 0 Å². The van der Waals surface area contributed by atoms with Gasteiger partial charge in [-0.05, 0) is 37.0 Å². The predicted octanol–water partition coefficient (Wildman–Crippen LogP) is 5.87. The van der Waals surface area contributed by atoms with Crippen molar-refractivity contribution in [2.75, 3.05) is 0 Å². The molecule has 0 aromatic heterocycles. The van der Waals surface area contributed by atoms with Crippen LogP contribution in [0.2, 0.25) is 0 Å². The molecule has 0 radical (unpaired) electrons. The molecule has 98 valence electrons. The van der Waals surface area contributed by atoms with Gasteiger partial charge in [0.05, 0.1) is 0 Å². The molecule has 2 aromatic rings. The van der Waals surface area contributed by atoms with E-state index in [1.807, 2.05) is 0 Å². The Bertz CT molecular complexity index is 527. The van der Waals surface area contributed by atoms with E-state index in [1.54, 1.807) is 0 Å². The molecule has 0 N–H and O–H groups in total. The van der Waals surface area contributed by atoms with Crippen LogP contribution < -0.4 is 0 Å². The summed E-state index contributed by atoms with van der Waals surface area (Å²) in [6.45, 7) is 6.41. The molecule has 0 spiro atoms. The van der Waals surface area contributed by atoms with E-state index in [9.17, 15) is 0 Å². The van der Waals surface area contributed by atoms with Crippen LogP contribution in [0.15, 0.2) is 53.0 Å². The zero-order valence-corrected chi connectivity index (χ0v) is 13.3. The van der Waals surface area contributed by atoms with Gasteiger partial charge >= 0.3 is 0 Å². The van der Waals surface area contributed by atoms with Gasteiger partial charge in [0, 0.05) is 4.48 Å². The maximum absolute atomic E-state index is 3.73. The molecule has 19 heavy (non-hydrogen) atoms. The fraction of sp³-hybridized carbons (Fsp3) is 0.222. The van der Waals surface area contributed by atoms with Crippen LogP contribution in [0.1, 0.15) is 35.6 Å². The average molecular weight is 315 g/mol. The van der Waals surface area contributed by atoms with Crippen molar-refractivity contribution in [3.63, 3.8) is 0 Å². The fourth-order valence-electron chi connectivity index (χ4n) is 2.10. The number of hydrogen-bond donors (Lipinski definition) is 0. The lowest BCUT2D eigenvalue weighted by Crippen LogP contribution is -1.91. The van der Waals surface area contributed by atoms with Crippen LogP contribution in [0.5, 0.6) is 0 Å². The van der Waals surface area contributed by atoms with Crippen molar-refractivity contribution in [2.24, 2.45) is 0 Å². The van der Waals surface area contributed by atoms with Gasteiger partial charge in [-0.25, -0.2) is 0 Å². The van der Waals surface area contributed by atoms with Crippen LogP contribution in [0.3, 0.4) is 0 Å². The van der Waals surface area contributed by atoms with E-state index in [0.717, 1.165) is 6.42 Å². The van der Waals surface area contributed by atoms with Crippen molar-refractivity contribution in [2.45, 2.75) is 27.2 Å². The third-order valence-corrected chi connectivity index (χ3v) is 4.22. The van der Waals surface area contributed by atoms with Crippen molar-refractivity contribution in [3.8, 4) is 0 Å². The Morgan fingerprint density at radius 1 is 0.789 bits per heavy atom. The summed E-state index contributed by atoms with van der Waals surface area (Å²) in [5.74, 6) is 0. The molecule has 0 saturated heterocycles. The molecule has 0 fully saturated rings. The smallest absolute Gasteiger partial charge is 0.00323 e. The zero-order valence-electron chi connectivity index (χ0n) is 11.7. The second-order valence-electron chi connectivity index (χ2n) is 4.87. The number of hydrogen-bond acceptors (Lipinski definition) is 0. The predicted molar refractivity (Wildman–Crippen MR) is 87.6 cm³/mol. The Balaban J connectivity index is 2.54. The first-order chi connectivity index (χ1) is 9.11. The summed E-state index contributed by atoms with van der Waals surface area (Å²) in [4.78, 5) is 0. The molecule has 2 aromatic carbocycles. The Hall–Kier alpha value is -1.34. The average Bonchev–Trinajstić information content (AvgIpc) is 2.43. The molecule has 0 aliphatic heterocycles. The number of allylic oxidation sites excluding steroid dienone is 1. The van der Waals surface area contributed by atoms with Crippen LogP contribution in [0, 0.1) is 13.8 Å². The van der Waals surface area contributed by atoms with Gasteiger partial charge in [-0.15, -0.1) is 0 Å². The van der Waals surface area contributed by atoms with Crippen LogP contribution in [0.25, 0.3) is 5.57 Å². The van der Waals surface area contributed by atoms with Crippen molar-refractivity contribution < 1.29 is 0 Å². The zero-order chi connectivity index (χ0) is 13.8. The van der Waals surface area contributed by atoms with Gasteiger partial charge in [-0.2, -0.15) is 0 Å². The second-order valence-corrected chi connectivity index (χ2v) is 5.82. The summed E-state index contributed by atoms with van der Waals surface area (Å²) in [7, 11) is 0. The molecule has 1 heteroatoms. The number of aryl methyl sites for hydroxylation is 2. The van der Waals surface area contributed by atoms with Gasteiger partial charge in [0.15, 0.2) is 0 Å². The Kier molecular flexibility index (Phi) is 4.60. The first-order valence-electron chi connectivity index (χ1n) is 6.64. The molecular formula is C18H19Br. The number of benzene rings is 2. The van der Waals surface area contributed by atoms with Crippen LogP contribution in [-0.2, 0) is 0 Å². The normalized spacial score (nSPS) is 10.3. The lowest BCUT2D eigenvalue weighted by atomic mass is 9.95. The van der Waals surface area contributed by atoms with E-state index in [0.29, 0.717) is 0 Å². The SMILES string of the molecule is CCC(Br)=C(c1ccc(C)cc1)c1ccc(C)cc1. The minimum absolute atomic E-state index is 0.997. The van der Waals surface area contributed by atoms with Crippen molar-refractivity contribution in [3.05, 3.63) is 75.3 Å². The molecule has 0 heterocycles. The fourth-order valence-corrected chi connectivity index (χ4v) is 2.55. The lowest BCUT2D eigenvalue weighted by Gasteiger charge is -2.12. The van der Waals surface area contributed by atoms with E-state index in [4.69, 9.17) is 0 Å². The molecule has 0 saturated carbocycles. The van der Waals surface area contributed by atoms with Crippen molar-refractivity contribution >= 4 is 21.5 Å². The molecule has 0 bridgehead atoms. The summed E-state index contributed by atoms with van der Waals surface area (Å²) < 4.78 is 1.25. The topological polar surface area (TPSA) is 0 Å². The molecule has 0 unspecified atom stereocenters. The highest BCUT2D eigenvalue weighted by Gasteiger charge is 2.09. The Morgan fingerprint density at radius 3 is 1.47 bits per heavy atom. The van der Waals surface area contributed by atoms with Crippen molar-refractivity contribution in [1.29, 1.82) is 0 Å². The van der Waals surface area contributed by atoms with E-state index < -0.39 is 0 Å². The van der Waals surface area contributed by atoms with E-state index >= 15 is 0 Å². The Morgan fingerprint density at radius 2 is 1.16 bits per heavy atom. The van der Waals surface area contributed by atoms with E-state index in [2.05, 4.69) is 85.2 Å². The third-order valence-electron chi connectivity index (χ3n) is 3.26. The highest BCUT2D eigenvalue weighted by atomic mass is 79.9. The minimum atomic E-state index is 0.997.